The molecule has 3 heterocycles. The minimum atomic E-state index is -0.905. The van der Waals surface area contributed by atoms with Gasteiger partial charge in [-0.2, -0.15) is 11.8 Å². The lowest BCUT2D eigenvalue weighted by Gasteiger charge is -2.29. The summed E-state index contributed by atoms with van der Waals surface area (Å²) in [4.78, 5) is 6.58. The van der Waals surface area contributed by atoms with E-state index in [-0.39, 0.29) is 5.92 Å². The highest BCUT2D eigenvalue weighted by Crippen LogP contribution is 2.39. The van der Waals surface area contributed by atoms with Crippen molar-refractivity contribution in [2.75, 3.05) is 50.2 Å². The molecule has 2 aliphatic rings. The molecule has 3 aromatic rings. The summed E-state index contributed by atoms with van der Waals surface area (Å²) in [5.74, 6) is 2.45. The second kappa shape index (κ2) is 10.2. The molecule has 2 fully saturated rings. The summed E-state index contributed by atoms with van der Waals surface area (Å²) in [5.41, 5.74) is 2.96. The van der Waals surface area contributed by atoms with Gasteiger partial charge in [-0.1, -0.05) is 53.6 Å². The predicted molar refractivity (Wildman–Crippen MR) is 133 cm³/mol. The van der Waals surface area contributed by atoms with E-state index in [4.69, 9.17) is 13.9 Å². The van der Waals surface area contributed by atoms with Crippen molar-refractivity contribution in [2.24, 2.45) is 4.99 Å². The molecule has 1 N–H and O–H groups in total. The van der Waals surface area contributed by atoms with Gasteiger partial charge in [-0.15, -0.1) is 5.10 Å². The van der Waals surface area contributed by atoms with E-state index in [9.17, 15) is 0 Å². The van der Waals surface area contributed by atoms with Crippen LogP contribution in [0, 0.1) is 0 Å². The van der Waals surface area contributed by atoms with E-state index in [0.29, 0.717) is 25.1 Å². The maximum atomic E-state index is 6.17. The van der Waals surface area contributed by atoms with Crippen LogP contribution in [0.5, 0.6) is 0 Å². The first-order valence-electron chi connectivity index (χ1n) is 11.5. The Morgan fingerprint density at radius 3 is 2.50 bits per heavy atom. The monoisotopic (exact) mass is 479 g/mol. The average Bonchev–Trinajstić information content (AvgIpc) is 3.59. The van der Waals surface area contributed by atoms with Gasteiger partial charge < -0.3 is 18.8 Å². The van der Waals surface area contributed by atoms with Gasteiger partial charge in [0.05, 0.1) is 19.1 Å². The molecule has 0 radical (unpaired) electrons. The number of benzene rings is 2. The van der Waals surface area contributed by atoms with Gasteiger partial charge in [0.15, 0.2) is 0 Å². The molecule has 1 aromatic heterocycles. The fourth-order valence-electron chi connectivity index (χ4n) is 4.33. The van der Waals surface area contributed by atoms with Gasteiger partial charge >= 0.3 is 6.01 Å². The highest BCUT2D eigenvalue weighted by molar-refractivity contribution is 7.99. The number of anilines is 1. The second-order valence-corrected chi connectivity index (χ2v) is 9.47. The molecule has 178 valence electrons. The SMILES string of the molecule is CN=C(Nc1nnc(C(C)c2cccc(C3(c4ccccc4)OCCO3)c2)o1)N1CCSCC1. The van der Waals surface area contributed by atoms with Gasteiger partial charge in [0.1, 0.15) is 0 Å². The van der Waals surface area contributed by atoms with Crippen molar-refractivity contribution in [1.29, 1.82) is 0 Å². The maximum Gasteiger partial charge on any atom is 0.322 e. The molecular formula is C25H29N5O3S. The smallest absolute Gasteiger partial charge is 0.322 e. The van der Waals surface area contributed by atoms with Crippen molar-refractivity contribution in [3.05, 3.63) is 77.2 Å². The van der Waals surface area contributed by atoms with E-state index in [1.807, 2.05) is 54.2 Å². The lowest BCUT2D eigenvalue weighted by Crippen LogP contribution is -2.41. The minimum Gasteiger partial charge on any atom is -0.407 e. The van der Waals surface area contributed by atoms with Crippen molar-refractivity contribution < 1.29 is 13.9 Å². The van der Waals surface area contributed by atoms with Gasteiger partial charge in [-0.05, 0) is 18.6 Å². The Hall–Kier alpha value is -2.88. The van der Waals surface area contributed by atoms with Crippen LogP contribution in [0.4, 0.5) is 6.01 Å². The molecule has 2 saturated heterocycles. The van der Waals surface area contributed by atoms with Gasteiger partial charge in [0.25, 0.3) is 0 Å². The first-order valence-corrected chi connectivity index (χ1v) is 12.7. The number of ether oxygens (including phenoxy) is 2. The largest absolute Gasteiger partial charge is 0.407 e. The number of nitrogens with one attached hydrogen (secondary N) is 1. The summed E-state index contributed by atoms with van der Waals surface area (Å²) >= 11 is 1.95. The zero-order chi connectivity index (χ0) is 23.4. The number of guanidine groups is 1. The third-order valence-corrected chi connectivity index (χ3v) is 7.11. The fourth-order valence-corrected chi connectivity index (χ4v) is 5.24. The predicted octanol–water partition coefficient (Wildman–Crippen LogP) is 3.92. The van der Waals surface area contributed by atoms with E-state index in [2.05, 4.69) is 44.5 Å². The molecular weight excluding hydrogens is 450 g/mol. The highest BCUT2D eigenvalue weighted by atomic mass is 32.2. The topological polar surface area (TPSA) is 85.0 Å². The molecule has 0 aliphatic carbocycles. The Morgan fingerprint density at radius 2 is 1.76 bits per heavy atom. The lowest BCUT2D eigenvalue weighted by molar-refractivity contribution is -0.129. The van der Waals surface area contributed by atoms with Crippen LogP contribution in [0.15, 0.2) is 64.0 Å². The Kier molecular flexibility index (Phi) is 6.85. The molecule has 0 saturated carbocycles. The van der Waals surface area contributed by atoms with Crippen LogP contribution in [0.3, 0.4) is 0 Å². The normalized spacial score (nSPS) is 19.2. The van der Waals surface area contributed by atoms with Crippen molar-refractivity contribution in [3.63, 3.8) is 0 Å². The number of hydrogen-bond donors (Lipinski definition) is 1. The Morgan fingerprint density at radius 1 is 1.03 bits per heavy atom. The van der Waals surface area contributed by atoms with Gasteiger partial charge in [-0.25, -0.2) is 0 Å². The van der Waals surface area contributed by atoms with E-state index >= 15 is 0 Å². The zero-order valence-electron chi connectivity index (χ0n) is 19.4. The van der Waals surface area contributed by atoms with Crippen LogP contribution in [0.25, 0.3) is 0 Å². The second-order valence-electron chi connectivity index (χ2n) is 8.24. The first kappa shape index (κ1) is 22.9. The molecule has 34 heavy (non-hydrogen) atoms. The van der Waals surface area contributed by atoms with E-state index in [1.54, 1.807) is 7.05 Å². The molecule has 2 aromatic carbocycles. The Labute approximate surface area is 203 Å². The highest BCUT2D eigenvalue weighted by Gasteiger charge is 2.40. The van der Waals surface area contributed by atoms with Gasteiger partial charge in [-0.3, -0.25) is 10.3 Å². The number of aliphatic imine (C=N–C) groups is 1. The number of hydrogen-bond acceptors (Lipinski definition) is 7. The van der Waals surface area contributed by atoms with Crippen molar-refractivity contribution in [1.82, 2.24) is 15.1 Å². The van der Waals surface area contributed by atoms with Crippen LogP contribution in [-0.2, 0) is 15.3 Å². The standard InChI is InChI=1S/C25H29N5O3S/c1-18(22-28-29-24(33-22)27-23(26-2)30-11-15-34-16-12-30)19-7-6-10-21(17-19)25(31-13-14-32-25)20-8-4-3-5-9-20/h3-10,17-18H,11-16H2,1-2H3,(H,26,27,29). The van der Waals surface area contributed by atoms with E-state index in [1.165, 1.54) is 0 Å². The summed E-state index contributed by atoms with van der Waals surface area (Å²) in [6.45, 7) is 5.04. The van der Waals surface area contributed by atoms with Gasteiger partial charge in [0, 0.05) is 42.8 Å². The first-order chi connectivity index (χ1) is 16.7. The van der Waals surface area contributed by atoms with E-state index in [0.717, 1.165) is 47.2 Å². The molecule has 1 unspecified atom stereocenters. The number of rotatable bonds is 5. The molecule has 9 heteroatoms. The lowest BCUT2D eigenvalue weighted by atomic mass is 9.92. The van der Waals surface area contributed by atoms with Crippen molar-refractivity contribution in [2.45, 2.75) is 18.6 Å². The molecule has 0 amide bonds. The van der Waals surface area contributed by atoms with Crippen LogP contribution in [0.2, 0.25) is 0 Å². The number of aromatic nitrogens is 2. The quantitative estimate of drug-likeness (QED) is 0.436. The zero-order valence-corrected chi connectivity index (χ0v) is 20.3. The molecule has 2 aliphatic heterocycles. The third kappa shape index (κ3) is 4.55. The maximum absolute atomic E-state index is 6.17. The summed E-state index contributed by atoms with van der Waals surface area (Å²) < 4.78 is 18.3. The molecule has 8 nitrogen and oxygen atoms in total. The summed E-state index contributed by atoms with van der Waals surface area (Å²) in [6, 6.07) is 18.6. The minimum absolute atomic E-state index is 0.106. The average molecular weight is 480 g/mol. The number of nitrogens with zero attached hydrogens (tertiary/aromatic N) is 4. The van der Waals surface area contributed by atoms with Gasteiger partial charge in [0.2, 0.25) is 17.6 Å². The molecule has 0 bridgehead atoms. The molecule has 5 rings (SSSR count). The molecule has 0 spiro atoms. The fraction of sp³-hybridized carbons (Fsp3) is 0.400. The summed E-state index contributed by atoms with van der Waals surface area (Å²) in [7, 11) is 1.77. The van der Waals surface area contributed by atoms with E-state index < -0.39 is 5.79 Å². The summed E-state index contributed by atoms with van der Waals surface area (Å²) in [5, 5.41) is 11.7. The van der Waals surface area contributed by atoms with Crippen molar-refractivity contribution in [3.8, 4) is 0 Å². The van der Waals surface area contributed by atoms with Crippen LogP contribution in [0.1, 0.15) is 35.4 Å². The Balaban J connectivity index is 1.36. The third-order valence-electron chi connectivity index (χ3n) is 6.17. The van der Waals surface area contributed by atoms with Crippen LogP contribution >= 0.6 is 11.8 Å². The molecule has 1 atom stereocenters. The Bertz CT molecular complexity index is 1120. The summed E-state index contributed by atoms with van der Waals surface area (Å²) in [6.07, 6.45) is 0. The van der Waals surface area contributed by atoms with Crippen LogP contribution in [-0.4, -0.2) is 65.9 Å². The van der Waals surface area contributed by atoms with Crippen molar-refractivity contribution >= 4 is 23.7 Å². The van der Waals surface area contributed by atoms with Crippen LogP contribution < -0.4 is 5.32 Å². The number of thioether (sulfide) groups is 1.